The minimum Gasteiger partial charge on any atom is -0.383 e. The van der Waals surface area contributed by atoms with Gasteiger partial charge in [-0.05, 0) is 30.3 Å². The first kappa shape index (κ1) is 20.8. The normalized spacial score (nSPS) is 14.8. The predicted molar refractivity (Wildman–Crippen MR) is 116 cm³/mol. The minimum atomic E-state index is -0.157. The second-order valence-electron chi connectivity index (χ2n) is 7.10. The van der Waals surface area contributed by atoms with Gasteiger partial charge in [0.1, 0.15) is 17.5 Å². The Kier molecular flexibility index (Phi) is 6.82. The van der Waals surface area contributed by atoms with Crippen molar-refractivity contribution in [3.63, 3.8) is 0 Å². The van der Waals surface area contributed by atoms with Gasteiger partial charge in [-0.1, -0.05) is 13.0 Å². The van der Waals surface area contributed by atoms with Crippen LogP contribution < -0.4 is 21.7 Å². The molecule has 0 aliphatic carbocycles. The molecule has 29 heavy (non-hydrogen) atoms. The predicted octanol–water partition coefficient (Wildman–Crippen LogP) is 1.77. The van der Waals surface area contributed by atoms with Crippen molar-refractivity contribution in [1.29, 1.82) is 5.41 Å². The largest absolute Gasteiger partial charge is 0.383 e. The molecule has 8 nitrogen and oxygen atoms in total. The number of piperazine rings is 1. The third-order valence-corrected chi connectivity index (χ3v) is 5.21. The molecule has 0 saturated carbocycles. The number of rotatable bonds is 8. The van der Waals surface area contributed by atoms with Crippen molar-refractivity contribution in [1.82, 2.24) is 14.9 Å². The van der Waals surface area contributed by atoms with Crippen LogP contribution in [0, 0.1) is 11.2 Å². The van der Waals surface area contributed by atoms with E-state index in [-0.39, 0.29) is 11.8 Å². The molecule has 1 aromatic carbocycles. The zero-order valence-corrected chi connectivity index (χ0v) is 16.8. The molecule has 3 rings (SSSR count). The summed E-state index contributed by atoms with van der Waals surface area (Å²) in [5.41, 5.74) is 14.1. The van der Waals surface area contributed by atoms with E-state index in [1.165, 1.54) is 6.21 Å². The van der Waals surface area contributed by atoms with Crippen LogP contribution in [0.25, 0.3) is 0 Å². The molecule has 1 saturated heterocycles. The lowest BCUT2D eigenvalue weighted by Crippen LogP contribution is -2.48. The second kappa shape index (κ2) is 9.51. The fourth-order valence-corrected chi connectivity index (χ4v) is 3.53. The van der Waals surface area contributed by atoms with Crippen molar-refractivity contribution in [2.24, 2.45) is 0 Å². The monoisotopic (exact) mass is 400 g/mol. The summed E-state index contributed by atoms with van der Waals surface area (Å²) in [6.07, 6.45) is 2.52. The third-order valence-electron chi connectivity index (χ3n) is 5.21. The molecule has 156 valence electrons. The number of nitrogens with two attached hydrogens (primary N) is 2. The van der Waals surface area contributed by atoms with E-state index in [0.29, 0.717) is 35.9 Å². The van der Waals surface area contributed by atoms with Crippen LogP contribution in [0.5, 0.6) is 0 Å². The van der Waals surface area contributed by atoms with Crippen molar-refractivity contribution < 1.29 is 4.39 Å². The molecule has 0 amide bonds. The molecule has 0 atom stereocenters. The Balaban J connectivity index is 1.53. The molecular formula is C20H29FN8. The summed E-state index contributed by atoms with van der Waals surface area (Å²) in [7, 11) is 0. The fraction of sp³-hybridized carbons (Fsp3) is 0.450. The van der Waals surface area contributed by atoms with Crippen LogP contribution >= 0.6 is 0 Å². The molecule has 6 N–H and O–H groups in total. The standard InChI is InChI=1S/C20H29FN8/c1-2-14-3-4-16(21)17(13-14)29-11-9-28(10-12-29)8-7-25-19-15(5-6-22)18(23)26-20(24)27-19/h3-4,6,13,22H,2,5,7-12H2,1H3,(H5,23,24,25,26,27). The number of aryl methyl sites for hydroxylation is 1. The Morgan fingerprint density at radius 2 is 1.97 bits per heavy atom. The first-order valence-corrected chi connectivity index (χ1v) is 9.92. The van der Waals surface area contributed by atoms with Gasteiger partial charge in [0, 0.05) is 51.3 Å². The quantitative estimate of drug-likeness (QED) is 0.498. The maximum atomic E-state index is 14.2. The fourth-order valence-electron chi connectivity index (χ4n) is 3.53. The van der Waals surface area contributed by atoms with Gasteiger partial charge in [-0.15, -0.1) is 0 Å². The first-order valence-electron chi connectivity index (χ1n) is 9.92. The Morgan fingerprint density at radius 1 is 1.21 bits per heavy atom. The van der Waals surface area contributed by atoms with Crippen LogP contribution in [0.3, 0.4) is 0 Å². The SMILES string of the molecule is CCc1ccc(F)c(N2CCN(CCNc3nc(N)nc(N)c3CC=N)CC2)c1. The molecule has 1 aliphatic rings. The summed E-state index contributed by atoms with van der Waals surface area (Å²) in [5, 5.41) is 10.6. The molecule has 2 aromatic rings. The zero-order valence-electron chi connectivity index (χ0n) is 16.8. The van der Waals surface area contributed by atoms with Gasteiger partial charge in [0.15, 0.2) is 0 Å². The van der Waals surface area contributed by atoms with Gasteiger partial charge in [-0.3, -0.25) is 4.90 Å². The molecule has 2 heterocycles. The minimum absolute atomic E-state index is 0.115. The number of nitrogens with zero attached hydrogens (tertiary/aromatic N) is 4. The summed E-state index contributed by atoms with van der Waals surface area (Å²) in [6, 6.07) is 5.37. The van der Waals surface area contributed by atoms with Crippen molar-refractivity contribution in [2.45, 2.75) is 19.8 Å². The molecule has 0 bridgehead atoms. The van der Waals surface area contributed by atoms with Crippen molar-refractivity contribution in [3.8, 4) is 0 Å². The first-order chi connectivity index (χ1) is 14.0. The molecule has 1 aromatic heterocycles. The number of hydrogen-bond acceptors (Lipinski definition) is 8. The Hall–Kier alpha value is -2.94. The van der Waals surface area contributed by atoms with Gasteiger partial charge in [-0.25, -0.2) is 4.39 Å². The molecule has 0 spiro atoms. The summed E-state index contributed by atoms with van der Waals surface area (Å²) >= 11 is 0. The highest BCUT2D eigenvalue weighted by molar-refractivity contribution is 5.68. The molecule has 1 aliphatic heterocycles. The second-order valence-corrected chi connectivity index (χ2v) is 7.10. The highest BCUT2D eigenvalue weighted by atomic mass is 19.1. The van der Waals surface area contributed by atoms with E-state index in [1.54, 1.807) is 6.07 Å². The lowest BCUT2D eigenvalue weighted by molar-refractivity contribution is 0.266. The molecule has 9 heteroatoms. The van der Waals surface area contributed by atoms with Crippen LogP contribution in [0.4, 0.5) is 27.7 Å². The number of anilines is 4. The number of halogens is 1. The smallest absolute Gasteiger partial charge is 0.223 e. The van der Waals surface area contributed by atoms with Gasteiger partial charge < -0.3 is 27.1 Å². The van der Waals surface area contributed by atoms with E-state index in [4.69, 9.17) is 16.9 Å². The Labute approximate surface area is 170 Å². The van der Waals surface area contributed by atoms with Gasteiger partial charge in [0.05, 0.1) is 5.69 Å². The average molecular weight is 401 g/mol. The number of hydrogen-bond donors (Lipinski definition) is 4. The van der Waals surface area contributed by atoms with Crippen molar-refractivity contribution >= 4 is 29.5 Å². The third kappa shape index (κ3) is 5.11. The summed E-state index contributed by atoms with van der Waals surface area (Å²) in [6.45, 7) is 6.86. The van der Waals surface area contributed by atoms with E-state index < -0.39 is 0 Å². The van der Waals surface area contributed by atoms with Crippen molar-refractivity contribution in [2.75, 3.05) is 61.0 Å². The number of benzene rings is 1. The average Bonchev–Trinajstić information content (AvgIpc) is 2.71. The van der Waals surface area contributed by atoms with Crippen LogP contribution in [-0.2, 0) is 12.8 Å². The summed E-state index contributed by atoms with van der Waals surface area (Å²) in [5.74, 6) is 0.836. The lowest BCUT2D eigenvalue weighted by Gasteiger charge is -2.36. The van der Waals surface area contributed by atoms with E-state index in [2.05, 4.69) is 32.0 Å². The molecular weight excluding hydrogens is 371 g/mol. The van der Waals surface area contributed by atoms with Gasteiger partial charge in [0.2, 0.25) is 5.95 Å². The Morgan fingerprint density at radius 3 is 2.66 bits per heavy atom. The number of aromatic nitrogens is 2. The van der Waals surface area contributed by atoms with E-state index in [1.807, 2.05) is 12.1 Å². The highest BCUT2D eigenvalue weighted by Crippen LogP contribution is 2.23. The van der Waals surface area contributed by atoms with Gasteiger partial charge in [-0.2, -0.15) is 9.97 Å². The zero-order chi connectivity index (χ0) is 20.8. The highest BCUT2D eigenvalue weighted by Gasteiger charge is 2.20. The summed E-state index contributed by atoms with van der Waals surface area (Å²) in [4.78, 5) is 12.6. The van der Waals surface area contributed by atoms with E-state index in [9.17, 15) is 4.39 Å². The number of nitrogen functional groups attached to an aromatic ring is 2. The molecule has 1 fully saturated rings. The van der Waals surface area contributed by atoms with Gasteiger partial charge in [0.25, 0.3) is 0 Å². The van der Waals surface area contributed by atoms with E-state index in [0.717, 1.165) is 44.7 Å². The van der Waals surface area contributed by atoms with Crippen LogP contribution in [0.1, 0.15) is 18.1 Å². The molecule has 0 radical (unpaired) electrons. The Bertz CT molecular complexity index is 849. The van der Waals surface area contributed by atoms with Crippen LogP contribution in [0.2, 0.25) is 0 Å². The maximum Gasteiger partial charge on any atom is 0.223 e. The van der Waals surface area contributed by atoms with Crippen LogP contribution in [-0.4, -0.2) is 60.4 Å². The van der Waals surface area contributed by atoms with Crippen LogP contribution in [0.15, 0.2) is 18.2 Å². The number of nitrogens with one attached hydrogen (secondary N) is 2. The topological polar surface area (TPSA) is 120 Å². The summed E-state index contributed by atoms with van der Waals surface area (Å²) < 4.78 is 14.2. The van der Waals surface area contributed by atoms with Crippen molar-refractivity contribution in [3.05, 3.63) is 35.1 Å². The molecule has 0 unspecified atom stereocenters. The van der Waals surface area contributed by atoms with Gasteiger partial charge >= 0.3 is 0 Å². The lowest BCUT2D eigenvalue weighted by atomic mass is 10.1. The maximum absolute atomic E-state index is 14.2. The van der Waals surface area contributed by atoms with E-state index >= 15 is 0 Å².